The zero-order valence-corrected chi connectivity index (χ0v) is 16.2. The van der Waals surface area contributed by atoms with Crippen LogP contribution in [0.15, 0.2) is 30.3 Å². The summed E-state index contributed by atoms with van der Waals surface area (Å²) in [5, 5.41) is 3.46. The molecule has 0 spiro atoms. The second-order valence-electron chi connectivity index (χ2n) is 7.55. The fourth-order valence-electron chi connectivity index (χ4n) is 3.02. The van der Waals surface area contributed by atoms with Gasteiger partial charge in [-0.15, -0.1) is 0 Å². The van der Waals surface area contributed by atoms with Crippen molar-refractivity contribution in [3.05, 3.63) is 35.9 Å². The van der Waals surface area contributed by atoms with E-state index >= 15 is 0 Å². The summed E-state index contributed by atoms with van der Waals surface area (Å²) >= 11 is 0. The molecule has 0 bridgehead atoms. The van der Waals surface area contributed by atoms with Crippen LogP contribution >= 0.6 is 0 Å². The Labute approximate surface area is 155 Å². The molecule has 1 heterocycles. The Kier molecular flexibility index (Phi) is 7.03. The number of hydrogen-bond acceptors (Lipinski definition) is 5. The van der Waals surface area contributed by atoms with Crippen molar-refractivity contribution in [2.75, 3.05) is 19.7 Å². The minimum Gasteiger partial charge on any atom is -0.466 e. The molecule has 2 unspecified atom stereocenters. The van der Waals surface area contributed by atoms with Gasteiger partial charge in [-0.3, -0.25) is 4.79 Å². The van der Waals surface area contributed by atoms with Crippen LogP contribution in [0.3, 0.4) is 0 Å². The SMILES string of the molecule is CCOC(=O)C1CN(C(=O)OC(C)(C)C)CCC1NCc1ccccc1. The van der Waals surface area contributed by atoms with Crippen molar-refractivity contribution in [3.63, 3.8) is 0 Å². The fourth-order valence-corrected chi connectivity index (χ4v) is 3.02. The molecule has 1 N–H and O–H groups in total. The quantitative estimate of drug-likeness (QED) is 0.816. The highest BCUT2D eigenvalue weighted by molar-refractivity contribution is 5.75. The molecule has 2 atom stereocenters. The first-order valence-corrected chi connectivity index (χ1v) is 9.22. The smallest absolute Gasteiger partial charge is 0.410 e. The van der Waals surface area contributed by atoms with Crippen LogP contribution in [0.2, 0.25) is 0 Å². The lowest BCUT2D eigenvalue weighted by Crippen LogP contribution is -2.54. The van der Waals surface area contributed by atoms with Crippen LogP contribution in [0, 0.1) is 5.92 Å². The summed E-state index contributed by atoms with van der Waals surface area (Å²) in [5.41, 5.74) is 0.600. The van der Waals surface area contributed by atoms with E-state index in [2.05, 4.69) is 5.32 Å². The lowest BCUT2D eigenvalue weighted by molar-refractivity contribution is -0.150. The van der Waals surface area contributed by atoms with E-state index in [1.807, 2.05) is 51.1 Å². The third kappa shape index (κ3) is 6.02. The zero-order chi connectivity index (χ0) is 19.2. The molecule has 1 aliphatic rings. The first-order chi connectivity index (χ1) is 12.3. The Balaban J connectivity index is 2.02. The molecule has 0 aromatic heterocycles. The average Bonchev–Trinajstić information content (AvgIpc) is 2.59. The molecule has 1 aromatic rings. The number of nitrogens with one attached hydrogen (secondary N) is 1. The molecule has 0 saturated carbocycles. The largest absolute Gasteiger partial charge is 0.466 e. The van der Waals surface area contributed by atoms with Gasteiger partial charge in [-0.25, -0.2) is 4.79 Å². The van der Waals surface area contributed by atoms with Crippen LogP contribution < -0.4 is 5.32 Å². The number of carbonyl (C=O) groups is 2. The summed E-state index contributed by atoms with van der Waals surface area (Å²) < 4.78 is 10.7. The molecule has 0 radical (unpaired) electrons. The van der Waals surface area contributed by atoms with Crippen molar-refractivity contribution < 1.29 is 19.1 Å². The maximum atomic E-state index is 12.4. The molecule has 144 valence electrons. The second kappa shape index (κ2) is 9.03. The molecule has 1 amide bonds. The van der Waals surface area contributed by atoms with Crippen LogP contribution in [0.5, 0.6) is 0 Å². The van der Waals surface area contributed by atoms with Crippen LogP contribution in [-0.4, -0.2) is 48.3 Å². The van der Waals surface area contributed by atoms with Gasteiger partial charge in [0.15, 0.2) is 0 Å². The highest BCUT2D eigenvalue weighted by Crippen LogP contribution is 2.22. The topological polar surface area (TPSA) is 67.9 Å². The maximum Gasteiger partial charge on any atom is 0.410 e. The van der Waals surface area contributed by atoms with E-state index in [0.717, 1.165) is 5.56 Å². The van der Waals surface area contributed by atoms with Crippen LogP contribution in [0.1, 0.15) is 39.7 Å². The Bertz CT molecular complexity index is 598. The number of rotatable bonds is 5. The van der Waals surface area contributed by atoms with E-state index in [4.69, 9.17) is 9.47 Å². The van der Waals surface area contributed by atoms with Gasteiger partial charge in [0.05, 0.1) is 12.5 Å². The maximum absolute atomic E-state index is 12.4. The summed E-state index contributed by atoms with van der Waals surface area (Å²) in [6.45, 7) is 9.16. The highest BCUT2D eigenvalue weighted by atomic mass is 16.6. The average molecular weight is 362 g/mol. The van der Waals surface area contributed by atoms with E-state index in [9.17, 15) is 9.59 Å². The summed E-state index contributed by atoms with van der Waals surface area (Å²) in [6, 6.07) is 10.0. The zero-order valence-electron chi connectivity index (χ0n) is 16.2. The Morgan fingerprint density at radius 2 is 1.92 bits per heavy atom. The lowest BCUT2D eigenvalue weighted by Gasteiger charge is -2.38. The number of hydrogen-bond donors (Lipinski definition) is 1. The number of esters is 1. The summed E-state index contributed by atoms with van der Waals surface area (Å²) in [4.78, 5) is 26.4. The van der Waals surface area contributed by atoms with Gasteiger partial charge in [0.2, 0.25) is 0 Å². The Morgan fingerprint density at radius 1 is 1.23 bits per heavy atom. The summed E-state index contributed by atoms with van der Waals surface area (Å²) in [5.74, 6) is -0.675. The van der Waals surface area contributed by atoms with Crippen LogP contribution in [0.4, 0.5) is 4.79 Å². The van der Waals surface area contributed by atoms with Gasteiger partial charge < -0.3 is 19.7 Å². The Morgan fingerprint density at radius 3 is 2.54 bits per heavy atom. The van der Waals surface area contributed by atoms with Crippen molar-refractivity contribution in [2.24, 2.45) is 5.92 Å². The van der Waals surface area contributed by atoms with Crippen molar-refractivity contribution >= 4 is 12.1 Å². The fraction of sp³-hybridized carbons (Fsp3) is 0.600. The molecule has 1 aromatic carbocycles. The van der Waals surface area contributed by atoms with Gasteiger partial charge >= 0.3 is 12.1 Å². The van der Waals surface area contributed by atoms with Gasteiger partial charge in [0.1, 0.15) is 5.60 Å². The molecule has 1 aliphatic heterocycles. The Hall–Kier alpha value is -2.08. The number of likely N-dealkylation sites (tertiary alicyclic amines) is 1. The van der Waals surface area contributed by atoms with E-state index < -0.39 is 11.5 Å². The highest BCUT2D eigenvalue weighted by Gasteiger charge is 2.38. The molecule has 1 saturated heterocycles. The molecule has 2 rings (SSSR count). The first kappa shape index (κ1) is 20.2. The van der Waals surface area contributed by atoms with Gasteiger partial charge in [0, 0.05) is 25.7 Å². The number of nitrogens with zero attached hydrogens (tertiary/aromatic N) is 1. The van der Waals surface area contributed by atoms with E-state index in [1.165, 1.54) is 0 Å². The van der Waals surface area contributed by atoms with Gasteiger partial charge in [0.25, 0.3) is 0 Å². The number of ether oxygens (including phenoxy) is 2. The molecule has 26 heavy (non-hydrogen) atoms. The third-order valence-corrected chi connectivity index (χ3v) is 4.27. The van der Waals surface area contributed by atoms with Crippen molar-refractivity contribution in [2.45, 2.75) is 52.3 Å². The standard InChI is InChI=1S/C20H30N2O4/c1-5-25-18(23)16-14-22(19(24)26-20(2,3)4)12-11-17(16)21-13-15-9-7-6-8-10-15/h6-10,16-17,21H,5,11-14H2,1-4H3. The summed E-state index contributed by atoms with van der Waals surface area (Å²) in [7, 11) is 0. The molecule has 6 heteroatoms. The minimum absolute atomic E-state index is 0.0343. The number of piperidine rings is 1. The van der Waals surface area contributed by atoms with Gasteiger partial charge in [-0.2, -0.15) is 0 Å². The van der Waals surface area contributed by atoms with Gasteiger partial charge in [-0.1, -0.05) is 30.3 Å². The second-order valence-corrected chi connectivity index (χ2v) is 7.55. The molecule has 1 fully saturated rings. The molecular weight excluding hydrogens is 332 g/mol. The van der Waals surface area contributed by atoms with Crippen LogP contribution in [0.25, 0.3) is 0 Å². The predicted octanol–water partition coefficient (Wildman–Crippen LogP) is 2.96. The normalized spacial score (nSPS) is 20.5. The van der Waals surface area contributed by atoms with Gasteiger partial charge in [-0.05, 0) is 39.7 Å². The van der Waals surface area contributed by atoms with Crippen molar-refractivity contribution in [1.29, 1.82) is 0 Å². The van der Waals surface area contributed by atoms with E-state index in [1.54, 1.807) is 11.8 Å². The number of amides is 1. The predicted molar refractivity (Wildman–Crippen MR) is 99.6 cm³/mol. The van der Waals surface area contributed by atoms with E-state index in [0.29, 0.717) is 32.7 Å². The number of carbonyl (C=O) groups excluding carboxylic acids is 2. The lowest BCUT2D eigenvalue weighted by atomic mass is 9.92. The molecule has 0 aliphatic carbocycles. The van der Waals surface area contributed by atoms with E-state index in [-0.39, 0.29) is 18.1 Å². The monoisotopic (exact) mass is 362 g/mol. The van der Waals surface area contributed by atoms with Crippen molar-refractivity contribution in [1.82, 2.24) is 10.2 Å². The number of benzene rings is 1. The van der Waals surface area contributed by atoms with Crippen LogP contribution in [-0.2, 0) is 20.8 Å². The third-order valence-electron chi connectivity index (χ3n) is 4.27. The molecular formula is C20H30N2O4. The summed E-state index contributed by atoms with van der Waals surface area (Å²) in [6.07, 6.45) is 0.295. The minimum atomic E-state index is -0.557. The molecule has 6 nitrogen and oxygen atoms in total. The first-order valence-electron chi connectivity index (χ1n) is 9.22. The van der Waals surface area contributed by atoms with Crippen molar-refractivity contribution in [3.8, 4) is 0 Å².